The van der Waals surface area contributed by atoms with Crippen LogP contribution in [-0.4, -0.2) is 22.3 Å². The SMILES string of the molecule is Cn1cc(CNC(=O)COc2ccccc2C#N)cn1. The Bertz CT molecular complexity index is 643. The molecule has 0 radical (unpaired) electrons. The third-order valence-corrected chi connectivity index (χ3v) is 2.61. The summed E-state index contributed by atoms with van der Waals surface area (Å²) in [6, 6.07) is 8.81. The number of para-hydroxylation sites is 1. The van der Waals surface area contributed by atoms with Gasteiger partial charge in [-0.05, 0) is 12.1 Å². The average molecular weight is 270 g/mol. The van der Waals surface area contributed by atoms with Crippen molar-refractivity contribution in [1.29, 1.82) is 5.26 Å². The van der Waals surface area contributed by atoms with Gasteiger partial charge in [-0.25, -0.2) is 0 Å². The lowest BCUT2D eigenvalue weighted by molar-refractivity contribution is -0.123. The molecule has 1 aromatic carbocycles. The van der Waals surface area contributed by atoms with Crippen LogP contribution in [0.15, 0.2) is 36.7 Å². The molecular formula is C14H14N4O2. The lowest BCUT2D eigenvalue weighted by Crippen LogP contribution is -2.28. The molecule has 0 atom stereocenters. The van der Waals surface area contributed by atoms with Gasteiger partial charge in [0.25, 0.3) is 5.91 Å². The highest BCUT2D eigenvalue weighted by molar-refractivity contribution is 5.77. The van der Waals surface area contributed by atoms with Crippen molar-refractivity contribution >= 4 is 5.91 Å². The standard InChI is InChI=1S/C14H14N4O2/c1-18-9-11(8-17-18)7-16-14(19)10-20-13-5-3-2-4-12(13)6-15/h2-5,8-9H,7,10H2,1H3,(H,16,19). The van der Waals surface area contributed by atoms with Crippen LogP contribution in [0.4, 0.5) is 0 Å². The van der Waals surface area contributed by atoms with E-state index in [1.165, 1.54) is 0 Å². The fourth-order valence-electron chi connectivity index (χ4n) is 1.64. The third kappa shape index (κ3) is 3.59. The second kappa shape index (κ2) is 6.38. The first-order chi connectivity index (χ1) is 9.69. The molecule has 6 heteroatoms. The van der Waals surface area contributed by atoms with E-state index in [-0.39, 0.29) is 12.5 Å². The highest BCUT2D eigenvalue weighted by atomic mass is 16.5. The molecule has 20 heavy (non-hydrogen) atoms. The first kappa shape index (κ1) is 13.6. The molecule has 6 nitrogen and oxygen atoms in total. The van der Waals surface area contributed by atoms with Crippen molar-refractivity contribution in [2.75, 3.05) is 6.61 Å². The molecule has 0 aliphatic heterocycles. The van der Waals surface area contributed by atoms with Gasteiger partial charge in [0.2, 0.25) is 0 Å². The Morgan fingerprint density at radius 3 is 3.00 bits per heavy atom. The number of ether oxygens (including phenoxy) is 1. The van der Waals surface area contributed by atoms with Gasteiger partial charge in [0.15, 0.2) is 6.61 Å². The van der Waals surface area contributed by atoms with Crippen LogP contribution in [0.3, 0.4) is 0 Å². The number of aromatic nitrogens is 2. The van der Waals surface area contributed by atoms with E-state index < -0.39 is 0 Å². The van der Waals surface area contributed by atoms with E-state index >= 15 is 0 Å². The zero-order valence-corrected chi connectivity index (χ0v) is 11.0. The minimum absolute atomic E-state index is 0.126. The second-order valence-electron chi connectivity index (χ2n) is 4.20. The van der Waals surface area contributed by atoms with E-state index in [4.69, 9.17) is 10.00 Å². The molecule has 1 heterocycles. The Labute approximate surface area is 116 Å². The summed E-state index contributed by atoms with van der Waals surface area (Å²) in [5.74, 6) is 0.160. The van der Waals surface area contributed by atoms with Crippen LogP contribution in [0.2, 0.25) is 0 Å². The maximum atomic E-state index is 11.6. The van der Waals surface area contributed by atoms with E-state index in [2.05, 4.69) is 10.4 Å². The molecule has 0 saturated heterocycles. The number of hydrogen-bond acceptors (Lipinski definition) is 4. The smallest absolute Gasteiger partial charge is 0.258 e. The van der Waals surface area contributed by atoms with Crippen molar-refractivity contribution in [3.05, 3.63) is 47.8 Å². The minimum Gasteiger partial charge on any atom is -0.482 e. The van der Waals surface area contributed by atoms with Crippen molar-refractivity contribution in [2.24, 2.45) is 7.05 Å². The summed E-state index contributed by atoms with van der Waals surface area (Å²) in [5, 5.41) is 15.6. The summed E-state index contributed by atoms with van der Waals surface area (Å²) < 4.78 is 7.00. The quantitative estimate of drug-likeness (QED) is 0.878. The fraction of sp³-hybridized carbons (Fsp3) is 0.214. The topological polar surface area (TPSA) is 79.9 Å². The van der Waals surface area contributed by atoms with Crippen molar-refractivity contribution in [3.63, 3.8) is 0 Å². The zero-order valence-electron chi connectivity index (χ0n) is 11.0. The highest BCUT2D eigenvalue weighted by Gasteiger charge is 2.06. The largest absolute Gasteiger partial charge is 0.482 e. The number of nitrogens with zero attached hydrogens (tertiary/aromatic N) is 3. The predicted molar refractivity (Wildman–Crippen MR) is 71.7 cm³/mol. The van der Waals surface area contributed by atoms with Gasteiger partial charge in [0, 0.05) is 25.4 Å². The molecule has 0 bridgehead atoms. The molecule has 0 aliphatic rings. The fourth-order valence-corrected chi connectivity index (χ4v) is 1.64. The van der Waals surface area contributed by atoms with Gasteiger partial charge in [-0.2, -0.15) is 10.4 Å². The summed E-state index contributed by atoms with van der Waals surface area (Å²) in [6.07, 6.45) is 3.51. The summed E-state index contributed by atoms with van der Waals surface area (Å²) in [6.45, 7) is 0.273. The number of hydrogen-bond donors (Lipinski definition) is 1. The number of carbonyl (C=O) groups excluding carboxylic acids is 1. The van der Waals surface area contributed by atoms with Crippen LogP contribution in [0.1, 0.15) is 11.1 Å². The molecule has 0 unspecified atom stereocenters. The molecular weight excluding hydrogens is 256 g/mol. The third-order valence-electron chi connectivity index (χ3n) is 2.61. The second-order valence-corrected chi connectivity index (χ2v) is 4.20. The van der Waals surface area contributed by atoms with Crippen LogP contribution in [0, 0.1) is 11.3 Å². The van der Waals surface area contributed by atoms with Gasteiger partial charge in [-0.1, -0.05) is 12.1 Å². The van der Waals surface area contributed by atoms with Gasteiger partial charge >= 0.3 is 0 Å². The Kier molecular flexibility index (Phi) is 4.35. The minimum atomic E-state index is -0.249. The first-order valence-corrected chi connectivity index (χ1v) is 6.05. The number of amides is 1. The van der Waals surface area contributed by atoms with Crippen LogP contribution in [0.25, 0.3) is 0 Å². The van der Waals surface area contributed by atoms with Crippen LogP contribution in [0.5, 0.6) is 5.75 Å². The lowest BCUT2D eigenvalue weighted by Gasteiger charge is -2.07. The highest BCUT2D eigenvalue weighted by Crippen LogP contribution is 2.16. The van der Waals surface area contributed by atoms with Crippen LogP contribution >= 0.6 is 0 Å². The number of carbonyl (C=O) groups is 1. The van der Waals surface area contributed by atoms with Gasteiger partial charge in [0.1, 0.15) is 11.8 Å². The molecule has 1 amide bonds. The van der Waals surface area contributed by atoms with Gasteiger partial charge in [0.05, 0.1) is 11.8 Å². The zero-order chi connectivity index (χ0) is 14.4. The van der Waals surface area contributed by atoms with Gasteiger partial charge < -0.3 is 10.1 Å². The first-order valence-electron chi connectivity index (χ1n) is 6.05. The molecule has 1 aromatic heterocycles. The maximum Gasteiger partial charge on any atom is 0.258 e. The summed E-state index contributed by atoms with van der Waals surface area (Å²) in [5.41, 5.74) is 1.32. The number of benzene rings is 1. The van der Waals surface area contributed by atoms with E-state index in [0.29, 0.717) is 17.9 Å². The molecule has 2 rings (SSSR count). The molecule has 1 N–H and O–H groups in total. The average Bonchev–Trinajstić information content (AvgIpc) is 2.89. The van der Waals surface area contributed by atoms with Crippen LogP contribution in [-0.2, 0) is 18.4 Å². The van der Waals surface area contributed by atoms with Gasteiger partial charge in [-0.3, -0.25) is 9.48 Å². The Morgan fingerprint density at radius 1 is 1.50 bits per heavy atom. The monoisotopic (exact) mass is 270 g/mol. The van der Waals surface area contributed by atoms with Crippen molar-refractivity contribution in [3.8, 4) is 11.8 Å². The number of nitriles is 1. The summed E-state index contributed by atoms with van der Waals surface area (Å²) in [4.78, 5) is 11.6. The van der Waals surface area contributed by atoms with E-state index in [1.807, 2.05) is 19.3 Å². The molecule has 2 aromatic rings. The van der Waals surface area contributed by atoms with E-state index in [0.717, 1.165) is 5.56 Å². The summed E-state index contributed by atoms with van der Waals surface area (Å²) >= 11 is 0. The van der Waals surface area contributed by atoms with Crippen molar-refractivity contribution in [1.82, 2.24) is 15.1 Å². The van der Waals surface area contributed by atoms with E-state index in [9.17, 15) is 4.79 Å². The predicted octanol–water partition coefficient (Wildman–Crippen LogP) is 0.987. The Morgan fingerprint density at radius 2 is 2.30 bits per heavy atom. The molecule has 0 saturated carbocycles. The van der Waals surface area contributed by atoms with E-state index in [1.54, 1.807) is 35.1 Å². The Balaban J connectivity index is 1.82. The Hall–Kier alpha value is -2.81. The molecule has 0 fully saturated rings. The van der Waals surface area contributed by atoms with Crippen molar-refractivity contribution < 1.29 is 9.53 Å². The molecule has 0 aliphatic carbocycles. The lowest BCUT2D eigenvalue weighted by atomic mass is 10.2. The molecule has 102 valence electrons. The number of rotatable bonds is 5. The number of nitrogens with one attached hydrogen (secondary N) is 1. The molecule has 0 spiro atoms. The van der Waals surface area contributed by atoms with Gasteiger partial charge in [-0.15, -0.1) is 0 Å². The van der Waals surface area contributed by atoms with Crippen molar-refractivity contribution in [2.45, 2.75) is 6.54 Å². The normalized spacial score (nSPS) is 9.80. The van der Waals surface area contributed by atoms with Crippen LogP contribution < -0.4 is 10.1 Å². The summed E-state index contributed by atoms with van der Waals surface area (Å²) in [7, 11) is 1.81. The maximum absolute atomic E-state index is 11.6. The number of aryl methyl sites for hydroxylation is 1.